The van der Waals surface area contributed by atoms with Crippen molar-refractivity contribution in [2.45, 2.75) is 0 Å². The molecule has 0 spiro atoms. The van der Waals surface area contributed by atoms with E-state index in [1.165, 1.54) is 6.07 Å². The minimum atomic E-state index is -0.242. The van der Waals surface area contributed by atoms with Gasteiger partial charge in [0, 0.05) is 38.6 Å². The first-order valence-electron chi connectivity index (χ1n) is 8.33. The Morgan fingerprint density at radius 2 is 1.81 bits per heavy atom. The number of amides is 1. The predicted molar refractivity (Wildman–Crippen MR) is 93.7 cm³/mol. The Labute approximate surface area is 149 Å². The minimum Gasteiger partial charge on any atom is -0.366 e. The molecule has 0 saturated carbocycles. The van der Waals surface area contributed by atoms with Gasteiger partial charge in [-0.3, -0.25) is 9.36 Å². The summed E-state index contributed by atoms with van der Waals surface area (Å²) in [5.41, 5.74) is 0.872. The van der Waals surface area contributed by atoms with Crippen LogP contribution < -0.4 is 4.90 Å². The Morgan fingerprint density at radius 3 is 2.46 bits per heavy atom. The molecule has 26 heavy (non-hydrogen) atoms. The fourth-order valence-corrected chi connectivity index (χ4v) is 2.99. The summed E-state index contributed by atoms with van der Waals surface area (Å²) in [4.78, 5) is 20.2. The molecule has 0 bridgehead atoms. The van der Waals surface area contributed by atoms with E-state index in [2.05, 4.69) is 15.2 Å². The highest BCUT2D eigenvalue weighted by molar-refractivity contribution is 5.92. The number of piperazine rings is 1. The van der Waals surface area contributed by atoms with Crippen LogP contribution in [0.5, 0.6) is 0 Å². The number of aromatic nitrogens is 4. The van der Waals surface area contributed by atoms with E-state index in [0.29, 0.717) is 43.4 Å². The quantitative estimate of drug-likeness (QED) is 0.719. The molecule has 2 aromatic heterocycles. The van der Waals surface area contributed by atoms with Crippen molar-refractivity contribution in [3.63, 3.8) is 0 Å². The Balaban J connectivity index is 1.41. The second-order valence-corrected chi connectivity index (χ2v) is 5.98. The highest BCUT2D eigenvalue weighted by Gasteiger charge is 2.24. The highest BCUT2D eigenvalue weighted by atomic mass is 19.1. The molecule has 3 aromatic rings. The molecule has 1 saturated heterocycles. The van der Waals surface area contributed by atoms with E-state index in [9.17, 15) is 9.18 Å². The van der Waals surface area contributed by atoms with E-state index in [4.69, 9.17) is 0 Å². The van der Waals surface area contributed by atoms with Crippen LogP contribution in [0.1, 0.15) is 10.5 Å². The van der Waals surface area contributed by atoms with Crippen LogP contribution in [0.3, 0.4) is 0 Å². The maximum Gasteiger partial charge on any atom is 0.274 e. The molecule has 132 valence electrons. The third-order valence-corrected chi connectivity index (χ3v) is 4.40. The third-order valence-electron chi connectivity index (χ3n) is 4.40. The first-order chi connectivity index (χ1) is 12.7. The second-order valence-electron chi connectivity index (χ2n) is 5.98. The summed E-state index contributed by atoms with van der Waals surface area (Å²) >= 11 is 0. The Morgan fingerprint density at radius 1 is 1.00 bits per heavy atom. The molecular formula is C18H17FN6O. The molecule has 7 nitrogen and oxygen atoms in total. The maximum atomic E-state index is 13.9. The molecule has 8 heteroatoms. The van der Waals surface area contributed by atoms with Gasteiger partial charge in [0.1, 0.15) is 12.1 Å². The normalized spacial score (nSPS) is 14.5. The van der Waals surface area contributed by atoms with E-state index in [-0.39, 0.29) is 11.7 Å². The SMILES string of the molecule is O=C(c1ccc(-n2ccnc2)nn1)N1CCN(c2ccccc2F)CC1. The number of carbonyl (C=O) groups is 1. The maximum absolute atomic E-state index is 13.9. The average molecular weight is 352 g/mol. The van der Waals surface area contributed by atoms with E-state index in [1.807, 2.05) is 11.0 Å². The number of imidazole rings is 1. The van der Waals surface area contributed by atoms with Crippen LogP contribution in [-0.2, 0) is 0 Å². The molecule has 4 rings (SSSR count). The van der Waals surface area contributed by atoms with Crippen LogP contribution in [0, 0.1) is 5.82 Å². The number of benzene rings is 1. The molecule has 1 fully saturated rings. The number of hydrogen-bond donors (Lipinski definition) is 0. The van der Waals surface area contributed by atoms with Crippen LogP contribution in [0.4, 0.5) is 10.1 Å². The molecule has 0 radical (unpaired) electrons. The van der Waals surface area contributed by atoms with Crippen molar-refractivity contribution in [3.05, 3.63) is 66.6 Å². The van der Waals surface area contributed by atoms with Crippen molar-refractivity contribution in [1.29, 1.82) is 0 Å². The largest absolute Gasteiger partial charge is 0.366 e. The minimum absolute atomic E-state index is 0.164. The number of para-hydroxylation sites is 1. The summed E-state index contributed by atoms with van der Waals surface area (Å²) < 4.78 is 15.6. The molecule has 0 unspecified atom stereocenters. The molecule has 3 heterocycles. The van der Waals surface area contributed by atoms with Crippen molar-refractivity contribution in [3.8, 4) is 5.82 Å². The van der Waals surface area contributed by atoms with Gasteiger partial charge in [0.05, 0.1) is 5.69 Å². The molecular weight excluding hydrogens is 335 g/mol. The Hall–Kier alpha value is -3.29. The fourth-order valence-electron chi connectivity index (χ4n) is 2.99. The van der Waals surface area contributed by atoms with Crippen LogP contribution in [0.2, 0.25) is 0 Å². The van der Waals surface area contributed by atoms with E-state index >= 15 is 0 Å². The monoisotopic (exact) mass is 352 g/mol. The lowest BCUT2D eigenvalue weighted by Gasteiger charge is -2.36. The van der Waals surface area contributed by atoms with Crippen LogP contribution in [0.25, 0.3) is 5.82 Å². The van der Waals surface area contributed by atoms with Crippen molar-refractivity contribution < 1.29 is 9.18 Å². The number of hydrogen-bond acceptors (Lipinski definition) is 5. The summed E-state index contributed by atoms with van der Waals surface area (Å²) in [5, 5.41) is 8.11. The van der Waals surface area contributed by atoms with Crippen molar-refractivity contribution in [2.24, 2.45) is 0 Å². The molecule has 0 aliphatic carbocycles. The van der Waals surface area contributed by atoms with Crippen LogP contribution >= 0.6 is 0 Å². The lowest BCUT2D eigenvalue weighted by Crippen LogP contribution is -2.49. The third kappa shape index (κ3) is 3.13. The highest BCUT2D eigenvalue weighted by Crippen LogP contribution is 2.20. The molecule has 0 N–H and O–H groups in total. The van der Waals surface area contributed by atoms with E-state index in [1.54, 1.807) is 52.5 Å². The number of halogens is 1. The Bertz CT molecular complexity index is 888. The van der Waals surface area contributed by atoms with Crippen LogP contribution in [-0.4, -0.2) is 56.7 Å². The molecule has 1 amide bonds. The van der Waals surface area contributed by atoms with Crippen molar-refractivity contribution >= 4 is 11.6 Å². The summed E-state index contributed by atoms with van der Waals surface area (Å²) in [6, 6.07) is 10.1. The first-order valence-corrected chi connectivity index (χ1v) is 8.33. The van der Waals surface area contributed by atoms with Gasteiger partial charge in [0.25, 0.3) is 5.91 Å². The zero-order chi connectivity index (χ0) is 17.9. The fraction of sp³-hybridized carbons (Fsp3) is 0.222. The summed E-state index contributed by atoms with van der Waals surface area (Å²) in [6.45, 7) is 2.18. The van der Waals surface area contributed by atoms with Gasteiger partial charge in [-0.25, -0.2) is 9.37 Å². The number of anilines is 1. The molecule has 1 aliphatic heterocycles. The van der Waals surface area contributed by atoms with Gasteiger partial charge in [-0.05, 0) is 24.3 Å². The van der Waals surface area contributed by atoms with E-state index < -0.39 is 0 Å². The lowest BCUT2D eigenvalue weighted by molar-refractivity contribution is 0.0739. The molecule has 1 aromatic carbocycles. The van der Waals surface area contributed by atoms with Crippen molar-refractivity contribution in [2.75, 3.05) is 31.1 Å². The van der Waals surface area contributed by atoms with Crippen molar-refractivity contribution in [1.82, 2.24) is 24.6 Å². The Kier molecular flexibility index (Phi) is 4.30. The van der Waals surface area contributed by atoms with Gasteiger partial charge in [0.2, 0.25) is 0 Å². The standard InChI is InChI=1S/C18H17FN6O/c19-14-3-1-2-4-16(14)23-9-11-24(12-10-23)18(26)15-5-6-17(22-21-15)25-8-7-20-13-25/h1-8,13H,9-12H2. The second kappa shape index (κ2) is 6.91. The van der Waals surface area contributed by atoms with Gasteiger partial charge >= 0.3 is 0 Å². The summed E-state index contributed by atoms with van der Waals surface area (Å²) in [6.07, 6.45) is 5.02. The summed E-state index contributed by atoms with van der Waals surface area (Å²) in [7, 11) is 0. The average Bonchev–Trinajstić information content (AvgIpc) is 3.23. The van der Waals surface area contributed by atoms with E-state index in [0.717, 1.165) is 0 Å². The zero-order valence-corrected chi connectivity index (χ0v) is 14.0. The number of carbonyl (C=O) groups excluding carboxylic acids is 1. The zero-order valence-electron chi connectivity index (χ0n) is 14.0. The lowest BCUT2D eigenvalue weighted by atomic mass is 10.2. The van der Waals surface area contributed by atoms with Gasteiger partial charge in [-0.2, -0.15) is 0 Å². The first kappa shape index (κ1) is 16.2. The molecule has 1 aliphatic rings. The molecule has 0 atom stereocenters. The topological polar surface area (TPSA) is 67.2 Å². The van der Waals surface area contributed by atoms with Gasteiger partial charge in [-0.15, -0.1) is 10.2 Å². The van der Waals surface area contributed by atoms with Gasteiger partial charge < -0.3 is 9.80 Å². The van der Waals surface area contributed by atoms with Gasteiger partial charge in [0.15, 0.2) is 11.5 Å². The predicted octanol–water partition coefficient (Wildman–Crippen LogP) is 1.76. The number of nitrogens with zero attached hydrogens (tertiary/aromatic N) is 6. The summed E-state index contributed by atoms with van der Waals surface area (Å²) in [5.74, 6) is 0.194. The van der Waals surface area contributed by atoms with Crippen LogP contribution in [0.15, 0.2) is 55.1 Å². The smallest absolute Gasteiger partial charge is 0.274 e. The van der Waals surface area contributed by atoms with Gasteiger partial charge in [-0.1, -0.05) is 12.1 Å². The number of rotatable bonds is 3.